The van der Waals surface area contributed by atoms with E-state index in [4.69, 9.17) is 14.2 Å². The zero-order chi connectivity index (χ0) is 19.7. The van der Waals surface area contributed by atoms with Gasteiger partial charge in [0.15, 0.2) is 17.3 Å². The van der Waals surface area contributed by atoms with Crippen LogP contribution in [0.4, 0.5) is 13.2 Å². The summed E-state index contributed by atoms with van der Waals surface area (Å²) in [4.78, 5) is 8.60. The quantitative estimate of drug-likeness (QED) is 0.644. The Hall–Kier alpha value is -3.29. The minimum Gasteiger partial charge on any atom is -0.473 e. The van der Waals surface area contributed by atoms with Crippen LogP contribution in [-0.4, -0.2) is 16.8 Å². The monoisotopic (exact) mass is 388 g/mol. The van der Waals surface area contributed by atoms with E-state index in [1.165, 1.54) is 12.1 Å². The third-order valence-corrected chi connectivity index (χ3v) is 4.12. The van der Waals surface area contributed by atoms with Gasteiger partial charge in [0.1, 0.15) is 6.61 Å². The molecule has 1 aromatic heterocycles. The van der Waals surface area contributed by atoms with Gasteiger partial charge in [-0.15, -0.1) is 0 Å². The molecule has 0 saturated carbocycles. The molecule has 0 atom stereocenters. The van der Waals surface area contributed by atoms with Crippen molar-refractivity contribution in [2.45, 2.75) is 19.7 Å². The summed E-state index contributed by atoms with van der Waals surface area (Å²) in [5.41, 5.74) is 1.27. The molecule has 0 radical (unpaired) electrons. The molecule has 0 amide bonds. The van der Waals surface area contributed by atoms with Gasteiger partial charge in [-0.05, 0) is 36.8 Å². The Balaban J connectivity index is 1.52. The average molecular weight is 388 g/mol. The third kappa shape index (κ3) is 3.85. The molecule has 0 spiro atoms. The molecule has 0 saturated heterocycles. The molecular weight excluding hydrogens is 373 g/mol. The number of aryl methyl sites for hydroxylation is 1. The first-order valence-corrected chi connectivity index (χ1v) is 8.43. The van der Waals surface area contributed by atoms with Crippen LogP contribution in [0.15, 0.2) is 48.5 Å². The van der Waals surface area contributed by atoms with Crippen molar-refractivity contribution in [2.75, 3.05) is 6.79 Å². The predicted octanol–water partition coefficient (Wildman–Crippen LogP) is 4.78. The number of hydrogen-bond donors (Lipinski definition) is 0. The van der Waals surface area contributed by atoms with Crippen LogP contribution in [0.3, 0.4) is 0 Å². The lowest BCUT2D eigenvalue weighted by Gasteiger charge is -2.10. The minimum atomic E-state index is -4.38. The number of benzene rings is 2. The van der Waals surface area contributed by atoms with Crippen molar-refractivity contribution >= 4 is 0 Å². The summed E-state index contributed by atoms with van der Waals surface area (Å²) in [5, 5.41) is 0. The Morgan fingerprint density at radius 3 is 2.46 bits per heavy atom. The van der Waals surface area contributed by atoms with E-state index in [1.54, 1.807) is 19.1 Å². The van der Waals surface area contributed by atoms with E-state index >= 15 is 0 Å². The highest BCUT2D eigenvalue weighted by atomic mass is 19.4. The SMILES string of the molecule is Cc1cc(OCc2ccc3c(c2)OCO3)nc(-c2ccc(C(F)(F)F)cc2)n1. The minimum absolute atomic E-state index is 0.196. The van der Waals surface area contributed by atoms with Crippen molar-refractivity contribution in [3.63, 3.8) is 0 Å². The lowest BCUT2D eigenvalue weighted by atomic mass is 10.1. The molecule has 0 fully saturated rings. The molecule has 0 unspecified atom stereocenters. The van der Waals surface area contributed by atoms with Crippen molar-refractivity contribution in [3.8, 4) is 28.8 Å². The molecule has 8 heteroatoms. The molecule has 3 aromatic rings. The maximum Gasteiger partial charge on any atom is 0.416 e. The normalized spacial score (nSPS) is 12.9. The average Bonchev–Trinajstić information content (AvgIpc) is 3.13. The zero-order valence-electron chi connectivity index (χ0n) is 14.8. The van der Waals surface area contributed by atoms with Crippen molar-refractivity contribution in [3.05, 3.63) is 65.4 Å². The van der Waals surface area contributed by atoms with Crippen LogP contribution in [0, 0.1) is 6.92 Å². The number of halogens is 3. The summed E-state index contributed by atoms with van der Waals surface area (Å²) in [5.74, 6) is 1.98. The van der Waals surface area contributed by atoms with Gasteiger partial charge in [0.25, 0.3) is 0 Å². The second-order valence-electron chi connectivity index (χ2n) is 6.22. The summed E-state index contributed by atoms with van der Waals surface area (Å²) >= 11 is 0. The summed E-state index contributed by atoms with van der Waals surface area (Å²) in [6.45, 7) is 2.21. The van der Waals surface area contributed by atoms with E-state index in [1.807, 2.05) is 12.1 Å². The molecule has 1 aliphatic heterocycles. The molecule has 0 N–H and O–H groups in total. The molecule has 144 valence electrons. The standard InChI is InChI=1S/C20H15F3N2O3/c1-12-8-18(26-10-13-2-7-16-17(9-13)28-11-27-16)25-19(24-12)14-3-5-15(6-4-14)20(21,22)23/h2-9H,10-11H2,1H3. The smallest absolute Gasteiger partial charge is 0.416 e. The highest BCUT2D eigenvalue weighted by Gasteiger charge is 2.30. The largest absolute Gasteiger partial charge is 0.473 e. The topological polar surface area (TPSA) is 53.5 Å². The highest BCUT2D eigenvalue weighted by Crippen LogP contribution is 2.33. The summed E-state index contributed by atoms with van der Waals surface area (Å²) in [6.07, 6.45) is -4.38. The molecule has 0 bridgehead atoms. The van der Waals surface area contributed by atoms with Crippen molar-refractivity contribution in [1.29, 1.82) is 0 Å². The van der Waals surface area contributed by atoms with E-state index in [0.717, 1.165) is 17.7 Å². The zero-order valence-corrected chi connectivity index (χ0v) is 14.8. The van der Waals surface area contributed by atoms with Gasteiger partial charge in [-0.25, -0.2) is 4.98 Å². The molecular formula is C20H15F3N2O3. The number of fused-ring (bicyclic) bond motifs is 1. The lowest BCUT2D eigenvalue weighted by molar-refractivity contribution is -0.137. The lowest BCUT2D eigenvalue weighted by Crippen LogP contribution is -2.04. The molecule has 1 aliphatic rings. The van der Waals surface area contributed by atoms with Gasteiger partial charge in [-0.1, -0.05) is 18.2 Å². The molecule has 2 heterocycles. The predicted molar refractivity (Wildman–Crippen MR) is 94.1 cm³/mol. The van der Waals surface area contributed by atoms with Crippen LogP contribution in [0.25, 0.3) is 11.4 Å². The van der Waals surface area contributed by atoms with Gasteiger partial charge in [0.05, 0.1) is 5.56 Å². The van der Waals surface area contributed by atoms with Gasteiger partial charge < -0.3 is 14.2 Å². The maximum absolute atomic E-state index is 12.7. The fraction of sp³-hybridized carbons (Fsp3) is 0.200. The molecule has 5 nitrogen and oxygen atoms in total. The Kier molecular flexibility index (Phi) is 4.54. The molecule has 2 aromatic carbocycles. The number of rotatable bonds is 4. The van der Waals surface area contributed by atoms with Crippen molar-refractivity contribution in [1.82, 2.24) is 9.97 Å². The van der Waals surface area contributed by atoms with Gasteiger partial charge in [0.2, 0.25) is 12.7 Å². The number of hydrogen-bond acceptors (Lipinski definition) is 5. The number of alkyl halides is 3. The van der Waals surface area contributed by atoms with Crippen LogP contribution < -0.4 is 14.2 Å². The van der Waals surface area contributed by atoms with Crippen molar-refractivity contribution in [2.24, 2.45) is 0 Å². The third-order valence-electron chi connectivity index (χ3n) is 4.12. The van der Waals surface area contributed by atoms with Crippen LogP contribution in [0.2, 0.25) is 0 Å². The van der Waals surface area contributed by atoms with E-state index < -0.39 is 11.7 Å². The van der Waals surface area contributed by atoms with Crippen LogP contribution in [-0.2, 0) is 12.8 Å². The Morgan fingerprint density at radius 2 is 1.71 bits per heavy atom. The fourth-order valence-corrected chi connectivity index (χ4v) is 2.74. The Bertz CT molecular complexity index is 1000. The molecule has 4 rings (SSSR count). The van der Waals surface area contributed by atoms with E-state index in [9.17, 15) is 13.2 Å². The second kappa shape index (κ2) is 7.03. The van der Waals surface area contributed by atoms with E-state index in [-0.39, 0.29) is 13.4 Å². The van der Waals surface area contributed by atoms with Crippen LogP contribution in [0.5, 0.6) is 17.4 Å². The summed E-state index contributed by atoms with van der Waals surface area (Å²) in [6, 6.07) is 11.9. The first-order chi connectivity index (χ1) is 13.4. The van der Waals surface area contributed by atoms with Gasteiger partial charge in [-0.2, -0.15) is 18.2 Å². The van der Waals surface area contributed by atoms with Gasteiger partial charge >= 0.3 is 6.18 Å². The first kappa shape index (κ1) is 18.1. The highest BCUT2D eigenvalue weighted by molar-refractivity contribution is 5.56. The summed E-state index contributed by atoms with van der Waals surface area (Å²) < 4.78 is 54.5. The number of ether oxygens (including phenoxy) is 3. The Morgan fingerprint density at radius 1 is 0.964 bits per heavy atom. The van der Waals surface area contributed by atoms with Crippen LogP contribution in [0.1, 0.15) is 16.8 Å². The number of aromatic nitrogens is 2. The van der Waals surface area contributed by atoms with E-state index in [0.29, 0.717) is 34.5 Å². The van der Waals surface area contributed by atoms with Gasteiger partial charge in [-0.3, -0.25) is 0 Å². The van der Waals surface area contributed by atoms with Gasteiger partial charge in [0, 0.05) is 17.3 Å². The molecule has 28 heavy (non-hydrogen) atoms. The van der Waals surface area contributed by atoms with Crippen molar-refractivity contribution < 1.29 is 27.4 Å². The second-order valence-corrected chi connectivity index (χ2v) is 6.22. The Labute approximate surface area is 158 Å². The van der Waals surface area contributed by atoms with Crippen LogP contribution >= 0.6 is 0 Å². The maximum atomic E-state index is 12.7. The number of nitrogens with zero attached hydrogens (tertiary/aromatic N) is 2. The first-order valence-electron chi connectivity index (χ1n) is 8.43. The molecule has 0 aliphatic carbocycles. The fourth-order valence-electron chi connectivity index (χ4n) is 2.74. The van der Waals surface area contributed by atoms with E-state index in [2.05, 4.69) is 9.97 Å². The summed E-state index contributed by atoms with van der Waals surface area (Å²) in [7, 11) is 0.